The minimum atomic E-state index is -0.909. The highest BCUT2D eigenvalue weighted by molar-refractivity contribution is 5.85. The summed E-state index contributed by atoms with van der Waals surface area (Å²) >= 11 is 0. The highest BCUT2D eigenvalue weighted by Gasteiger charge is 2.45. The molecular weight excluding hydrogens is 356 g/mol. The Morgan fingerprint density at radius 1 is 1.29 bits per heavy atom. The molecule has 1 N–H and O–H groups in total. The van der Waals surface area contributed by atoms with Crippen molar-refractivity contribution in [3.8, 4) is 11.3 Å². The molecule has 1 fully saturated rings. The summed E-state index contributed by atoms with van der Waals surface area (Å²) in [5, 5.41) is 11.3. The van der Waals surface area contributed by atoms with Gasteiger partial charge >= 0.3 is 0 Å². The Labute approximate surface area is 163 Å². The molecule has 0 spiro atoms. The summed E-state index contributed by atoms with van der Waals surface area (Å²) in [6.45, 7) is 2.94. The molecule has 1 atom stereocenters. The zero-order valence-electron chi connectivity index (χ0n) is 16.1. The first-order valence-corrected chi connectivity index (χ1v) is 9.47. The van der Waals surface area contributed by atoms with Crippen molar-refractivity contribution in [3.05, 3.63) is 59.6 Å². The maximum absolute atomic E-state index is 13.3. The molecule has 1 aliphatic heterocycles. The van der Waals surface area contributed by atoms with E-state index in [1.807, 2.05) is 49.4 Å². The molecule has 0 saturated carbocycles. The van der Waals surface area contributed by atoms with Crippen LogP contribution in [-0.2, 0) is 22.5 Å². The molecule has 0 radical (unpaired) electrons. The third-order valence-electron chi connectivity index (χ3n) is 5.09. The van der Waals surface area contributed by atoms with Gasteiger partial charge in [0.05, 0.1) is 12.2 Å². The van der Waals surface area contributed by atoms with Crippen LogP contribution in [0.25, 0.3) is 11.3 Å². The van der Waals surface area contributed by atoms with Gasteiger partial charge in [0.1, 0.15) is 11.5 Å². The van der Waals surface area contributed by atoms with Gasteiger partial charge in [-0.1, -0.05) is 35.5 Å². The molecule has 2 aromatic heterocycles. The fraction of sp³-hybridized carbons (Fsp3) is 0.381. The van der Waals surface area contributed by atoms with Gasteiger partial charge in [0.25, 0.3) is 5.91 Å². The molecule has 7 heteroatoms. The minimum Gasteiger partial charge on any atom is -0.365 e. The van der Waals surface area contributed by atoms with Crippen LogP contribution in [0.5, 0.6) is 0 Å². The van der Waals surface area contributed by atoms with Gasteiger partial charge in [-0.15, -0.1) is 0 Å². The number of rotatable bonds is 6. The quantitative estimate of drug-likeness (QED) is 0.710. The van der Waals surface area contributed by atoms with Crippen molar-refractivity contribution in [2.75, 3.05) is 13.7 Å². The largest absolute Gasteiger partial charge is 0.365 e. The summed E-state index contributed by atoms with van der Waals surface area (Å²) in [5.41, 5.74) is 2.63. The Balaban J connectivity index is 1.51. The third kappa shape index (κ3) is 3.71. The lowest BCUT2D eigenvalue weighted by molar-refractivity contribution is -0.152. The molecule has 146 valence electrons. The molecular formula is C21H24N4O3. The predicted molar refractivity (Wildman–Crippen MR) is 103 cm³/mol. The summed E-state index contributed by atoms with van der Waals surface area (Å²) in [4.78, 5) is 14.9. The highest BCUT2D eigenvalue weighted by atomic mass is 16.5. The first kappa shape index (κ1) is 18.4. The number of aromatic amines is 1. The molecule has 7 nitrogen and oxygen atoms in total. The second-order valence-electron chi connectivity index (χ2n) is 7.37. The van der Waals surface area contributed by atoms with Gasteiger partial charge in [0.2, 0.25) is 0 Å². The van der Waals surface area contributed by atoms with Crippen molar-refractivity contribution in [2.45, 2.75) is 38.3 Å². The van der Waals surface area contributed by atoms with Gasteiger partial charge in [-0.05, 0) is 25.8 Å². The van der Waals surface area contributed by atoms with Crippen molar-refractivity contribution >= 4 is 5.91 Å². The average molecular weight is 380 g/mol. The van der Waals surface area contributed by atoms with Gasteiger partial charge in [-0.2, -0.15) is 5.10 Å². The number of aromatic nitrogens is 3. The van der Waals surface area contributed by atoms with Crippen LogP contribution >= 0.6 is 0 Å². The van der Waals surface area contributed by atoms with E-state index < -0.39 is 5.60 Å². The van der Waals surface area contributed by atoms with E-state index in [1.54, 1.807) is 11.9 Å². The van der Waals surface area contributed by atoms with Gasteiger partial charge in [-0.25, -0.2) is 0 Å². The number of likely N-dealkylation sites (N-methyl/N-ethyl adjacent to an activating group) is 1. The van der Waals surface area contributed by atoms with Crippen molar-refractivity contribution in [2.24, 2.45) is 0 Å². The van der Waals surface area contributed by atoms with Gasteiger partial charge in [0.15, 0.2) is 5.60 Å². The highest BCUT2D eigenvalue weighted by Crippen LogP contribution is 2.33. The number of nitrogens with one attached hydrogen (secondary N) is 1. The topological polar surface area (TPSA) is 84.2 Å². The smallest absolute Gasteiger partial charge is 0.255 e. The molecule has 3 heterocycles. The Kier molecular flexibility index (Phi) is 5.00. The van der Waals surface area contributed by atoms with Crippen LogP contribution < -0.4 is 0 Å². The van der Waals surface area contributed by atoms with E-state index in [-0.39, 0.29) is 5.91 Å². The number of ether oxygens (including phenoxy) is 1. The maximum Gasteiger partial charge on any atom is 0.255 e. The molecule has 0 aliphatic carbocycles. The first-order chi connectivity index (χ1) is 13.6. The average Bonchev–Trinajstić information content (AvgIpc) is 3.45. The second-order valence-corrected chi connectivity index (χ2v) is 7.37. The summed E-state index contributed by atoms with van der Waals surface area (Å²) in [5.74, 6) is 0.599. The van der Waals surface area contributed by atoms with Gasteiger partial charge in [-0.3, -0.25) is 9.89 Å². The van der Waals surface area contributed by atoms with E-state index in [0.717, 1.165) is 29.1 Å². The maximum atomic E-state index is 13.3. The number of aryl methyl sites for hydroxylation is 1. The first-order valence-electron chi connectivity index (χ1n) is 9.47. The number of amides is 1. The molecule has 3 aromatic rings. The monoisotopic (exact) mass is 380 g/mol. The van der Waals surface area contributed by atoms with Gasteiger partial charge < -0.3 is 14.2 Å². The standard InChI is InChI=1S/C21H24N4O3/c1-15-11-17(23-22-15)14-25(2)20(26)21(9-6-10-27-21)13-18-12-19(24-28-18)16-7-4-3-5-8-16/h3-5,7-8,11-12H,6,9-10,13-14H2,1-2H3,(H,22,23). The normalized spacial score (nSPS) is 19.1. The van der Waals surface area contributed by atoms with Crippen LogP contribution in [0.3, 0.4) is 0 Å². The van der Waals surface area contributed by atoms with Crippen LogP contribution in [0, 0.1) is 6.92 Å². The molecule has 1 aliphatic rings. The summed E-state index contributed by atoms with van der Waals surface area (Å²) in [6, 6.07) is 13.7. The lowest BCUT2D eigenvalue weighted by Gasteiger charge is -2.30. The second kappa shape index (κ2) is 7.59. The van der Waals surface area contributed by atoms with Crippen molar-refractivity contribution in [1.29, 1.82) is 0 Å². The van der Waals surface area contributed by atoms with E-state index in [4.69, 9.17) is 9.26 Å². The number of nitrogens with zero attached hydrogens (tertiary/aromatic N) is 3. The summed E-state index contributed by atoms with van der Waals surface area (Å²) in [6.07, 6.45) is 1.88. The van der Waals surface area contributed by atoms with Crippen LogP contribution in [0.4, 0.5) is 0 Å². The fourth-order valence-electron chi connectivity index (χ4n) is 3.72. The molecule has 0 bridgehead atoms. The van der Waals surface area contributed by atoms with E-state index >= 15 is 0 Å². The Hall–Kier alpha value is -2.93. The minimum absolute atomic E-state index is 0.0525. The molecule has 1 aromatic carbocycles. The number of hydrogen-bond donors (Lipinski definition) is 1. The van der Waals surface area contributed by atoms with Crippen molar-refractivity contribution < 1.29 is 14.1 Å². The Morgan fingerprint density at radius 2 is 2.11 bits per heavy atom. The third-order valence-corrected chi connectivity index (χ3v) is 5.09. The van der Waals surface area contributed by atoms with Gasteiger partial charge in [0, 0.05) is 37.4 Å². The van der Waals surface area contributed by atoms with E-state index in [0.29, 0.717) is 31.8 Å². The van der Waals surface area contributed by atoms with Crippen LogP contribution in [0.2, 0.25) is 0 Å². The SMILES string of the molecule is Cc1cc(CN(C)C(=O)C2(Cc3cc(-c4ccccc4)no3)CCCO2)n[nH]1. The Morgan fingerprint density at radius 3 is 2.79 bits per heavy atom. The number of carbonyl (C=O) groups excluding carboxylic acids is 1. The molecule has 1 saturated heterocycles. The lowest BCUT2D eigenvalue weighted by atomic mass is 9.92. The lowest BCUT2D eigenvalue weighted by Crippen LogP contribution is -2.48. The van der Waals surface area contributed by atoms with Crippen LogP contribution in [0.1, 0.15) is 30.0 Å². The van der Waals surface area contributed by atoms with E-state index in [1.165, 1.54) is 0 Å². The van der Waals surface area contributed by atoms with Crippen LogP contribution in [0.15, 0.2) is 47.0 Å². The van der Waals surface area contributed by atoms with Crippen molar-refractivity contribution in [1.82, 2.24) is 20.3 Å². The summed E-state index contributed by atoms with van der Waals surface area (Å²) < 4.78 is 11.5. The number of hydrogen-bond acceptors (Lipinski definition) is 5. The molecule has 1 unspecified atom stereocenters. The number of benzene rings is 1. The molecule has 28 heavy (non-hydrogen) atoms. The van der Waals surface area contributed by atoms with E-state index in [2.05, 4.69) is 15.4 Å². The summed E-state index contributed by atoms with van der Waals surface area (Å²) in [7, 11) is 1.78. The zero-order chi connectivity index (χ0) is 19.6. The van der Waals surface area contributed by atoms with E-state index in [9.17, 15) is 4.79 Å². The fourth-order valence-corrected chi connectivity index (χ4v) is 3.72. The number of H-pyrrole nitrogens is 1. The van der Waals surface area contributed by atoms with Crippen molar-refractivity contribution in [3.63, 3.8) is 0 Å². The zero-order valence-corrected chi connectivity index (χ0v) is 16.1. The molecule has 1 amide bonds. The molecule has 4 rings (SSSR count). The Bertz CT molecular complexity index is 941. The predicted octanol–water partition coefficient (Wildman–Crippen LogP) is 3.12. The number of carbonyl (C=O) groups is 1. The van der Waals surface area contributed by atoms with Crippen LogP contribution in [-0.4, -0.2) is 45.4 Å².